The van der Waals surface area contributed by atoms with Gasteiger partial charge in [-0.1, -0.05) is 30.3 Å². The summed E-state index contributed by atoms with van der Waals surface area (Å²) < 4.78 is 1.79. The highest BCUT2D eigenvalue weighted by Gasteiger charge is 2.30. The van der Waals surface area contributed by atoms with Crippen LogP contribution in [-0.4, -0.2) is 45.0 Å². The Morgan fingerprint density at radius 1 is 0.938 bits per heavy atom. The molecule has 0 spiro atoms. The van der Waals surface area contributed by atoms with Crippen molar-refractivity contribution in [3.63, 3.8) is 0 Å². The van der Waals surface area contributed by atoms with E-state index in [4.69, 9.17) is 10.1 Å². The normalized spacial score (nSPS) is 16.7. The number of aromatic nitrogens is 4. The van der Waals surface area contributed by atoms with E-state index in [0.717, 1.165) is 71.2 Å². The van der Waals surface area contributed by atoms with Gasteiger partial charge in [-0.3, -0.25) is 9.78 Å². The van der Waals surface area contributed by atoms with Gasteiger partial charge in [0.25, 0.3) is 0 Å². The SMILES string of the molecule is O=C1CCNc2c1c(C1CCNCC1)nc1cc(-c3ccc(-c4ccccc4)nc3)nn21. The largest absolute Gasteiger partial charge is 0.369 e. The summed E-state index contributed by atoms with van der Waals surface area (Å²) in [5.74, 6) is 1.23. The van der Waals surface area contributed by atoms with Gasteiger partial charge in [0.1, 0.15) is 5.82 Å². The molecule has 1 fully saturated rings. The first-order valence-corrected chi connectivity index (χ1v) is 11.2. The molecule has 0 atom stereocenters. The van der Waals surface area contributed by atoms with E-state index in [2.05, 4.69) is 15.6 Å². The van der Waals surface area contributed by atoms with Crippen molar-refractivity contribution in [2.24, 2.45) is 0 Å². The molecule has 7 nitrogen and oxygen atoms in total. The van der Waals surface area contributed by atoms with E-state index in [9.17, 15) is 4.79 Å². The quantitative estimate of drug-likeness (QED) is 0.519. The molecule has 0 radical (unpaired) electrons. The van der Waals surface area contributed by atoms with Crippen molar-refractivity contribution in [1.29, 1.82) is 0 Å². The number of hydrogen-bond acceptors (Lipinski definition) is 6. The molecule has 2 aliphatic rings. The number of carbonyl (C=O) groups is 1. The predicted octanol–water partition coefficient (Wildman–Crippen LogP) is 3.92. The number of Topliss-reactive ketones (excluding diaryl/α,β-unsaturated/α-hetero) is 1. The number of rotatable bonds is 3. The molecule has 5 heterocycles. The molecule has 1 aromatic carbocycles. The molecule has 0 unspecified atom stereocenters. The third-order valence-electron chi connectivity index (χ3n) is 6.41. The second kappa shape index (κ2) is 7.84. The van der Waals surface area contributed by atoms with Gasteiger partial charge in [0, 0.05) is 42.3 Å². The summed E-state index contributed by atoms with van der Waals surface area (Å²) >= 11 is 0. The fraction of sp³-hybridized carbons (Fsp3) is 0.280. The fourth-order valence-corrected chi connectivity index (χ4v) is 4.74. The van der Waals surface area contributed by atoms with Crippen LogP contribution in [0.25, 0.3) is 28.2 Å². The molecule has 32 heavy (non-hydrogen) atoms. The Balaban J connectivity index is 1.44. The zero-order valence-corrected chi connectivity index (χ0v) is 17.7. The Morgan fingerprint density at radius 3 is 2.56 bits per heavy atom. The Kier molecular flexibility index (Phi) is 4.69. The lowest BCUT2D eigenvalue weighted by Gasteiger charge is -2.27. The number of nitrogens with zero attached hydrogens (tertiary/aromatic N) is 4. The minimum Gasteiger partial charge on any atom is -0.369 e. The highest BCUT2D eigenvalue weighted by atomic mass is 16.1. The van der Waals surface area contributed by atoms with Gasteiger partial charge < -0.3 is 10.6 Å². The first kappa shape index (κ1) is 19.1. The molecular weight excluding hydrogens is 400 g/mol. The van der Waals surface area contributed by atoms with Gasteiger partial charge in [0.2, 0.25) is 0 Å². The lowest BCUT2D eigenvalue weighted by molar-refractivity contribution is 0.0980. The van der Waals surface area contributed by atoms with Crippen molar-refractivity contribution >= 4 is 17.2 Å². The van der Waals surface area contributed by atoms with Gasteiger partial charge in [-0.15, -0.1) is 0 Å². The predicted molar refractivity (Wildman–Crippen MR) is 124 cm³/mol. The molecule has 0 bridgehead atoms. The molecule has 0 saturated carbocycles. The molecule has 2 aliphatic heterocycles. The third kappa shape index (κ3) is 3.26. The summed E-state index contributed by atoms with van der Waals surface area (Å²) in [4.78, 5) is 22.5. The van der Waals surface area contributed by atoms with Crippen molar-refractivity contribution in [3.8, 4) is 22.5 Å². The Hall–Kier alpha value is -3.58. The van der Waals surface area contributed by atoms with Crippen molar-refractivity contribution in [3.05, 3.63) is 66.0 Å². The maximum absolute atomic E-state index is 12.9. The van der Waals surface area contributed by atoms with E-state index in [1.807, 2.05) is 54.7 Å². The zero-order valence-electron chi connectivity index (χ0n) is 17.7. The molecule has 4 aromatic rings. The molecule has 7 heteroatoms. The number of piperidine rings is 1. The fourth-order valence-electron chi connectivity index (χ4n) is 4.74. The maximum Gasteiger partial charge on any atom is 0.170 e. The van der Waals surface area contributed by atoms with Crippen molar-refractivity contribution < 1.29 is 4.79 Å². The summed E-state index contributed by atoms with van der Waals surface area (Å²) in [6.07, 6.45) is 4.34. The van der Waals surface area contributed by atoms with Crippen LogP contribution in [0.5, 0.6) is 0 Å². The van der Waals surface area contributed by atoms with Crippen LogP contribution in [0.2, 0.25) is 0 Å². The van der Waals surface area contributed by atoms with Crippen LogP contribution in [0.15, 0.2) is 54.7 Å². The van der Waals surface area contributed by atoms with Crippen LogP contribution < -0.4 is 10.6 Å². The van der Waals surface area contributed by atoms with Gasteiger partial charge in [-0.05, 0) is 38.1 Å². The van der Waals surface area contributed by atoms with Crippen molar-refractivity contribution in [1.82, 2.24) is 24.9 Å². The van der Waals surface area contributed by atoms with E-state index < -0.39 is 0 Å². The Morgan fingerprint density at radius 2 is 1.78 bits per heavy atom. The molecular formula is C25H24N6O. The number of benzene rings is 1. The monoisotopic (exact) mass is 424 g/mol. The van der Waals surface area contributed by atoms with E-state index in [-0.39, 0.29) is 5.78 Å². The first-order chi connectivity index (χ1) is 15.8. The van der Waals surface area contributed by atoms with E-state index >= 15 is 0 Å². The lowest BCUT2D eigenvalue weighted by Crippen LogP contribution is -2.30. The van der Waals surface area contributed by atoms with Crippen molar-refractivity contribution in [2.45, 2.75) is 25.2 Å². The second-order valence-corrected chi connectivity index (χ2v) is 8.44. The number of hydrogen-bond donors (Lipinski definition) is 2. The van der Waals surface area contributed by atoms with Crippen molar-refractivity contribution in [2.75, 3.05) is 25.0 Å². The van der Waals surface area contributed by atoms with Gasteiger partial charge >= 0.3 is 0 Å². The third-order valence-corrected chi connectivity index (χ3v) is 6.41. The molecule has 1 saturated heterocycles. The van der Waals surface area contributed by atoms with E-state index in [0.29, 0.717) is 18.9 Å². The highest BCUT2D eigenvalue weighted by Crippen LogP contribution is 2.35. The lowest BCUT2D eigenvalue weighted by atomic mass is 9.89. The van der Waals surface area contributed by atoms with Crippen LogP contribution >= 0.6 is 0 Å². The standard InChI is InChI=1S/C25H24N6O/c32-21-10-13-27-25-23(21)24(17-8-11-26-12-9-17)29-22-14-20(30-31(22)25)18-6-7-19(28-15-18)16-4-2-1-3-5-16/h1-7,14-15,17,26-27H,8-13H2. The van der Waals surface area contributed by atoms with Crippen LogP contribution in [0.1, 0.15) is 41.2 Å². The van der Waals surface area contributed by atoms with Crippen LogP contribution in [0.3, 0.4) is 0 Å². The maximum atomic E-state index is 12.9. The van der Waals surface area contributed by atoms with Crippen LogP contribution in [-0.2, 0) is 0 Å². The first-order valence-electron chi connectivity index (χ1n) is 11.2. The second-order valence-electron chi connectivity index (χ2n) is 8.44. The van der Waals surface area contributed by atoms with Crippen LogP contribution in [0, 0.1) is 0 Å². The Labute approximate surface area is 185 Å². The highest BCUT2D eigenvalue weighted by molar-refractivity contribution is 6.03. The smallest absolute Gasteiger partial charge is 0.170 e. The molecule has 0 aliphatic carbocycles. The van der Waals surface area contributed by atoms with Gasteiger partial charge in [-0.25, -0.2) is 4.98 Å². The summed E-state index contributed by atoms with van der Waals surface area (Å²) in [6.45, 7) is 2.54. The minimum atomic E-state index is 0.160. The number of carbonyl (C=O) groups excluding carboxylic acids is 1. The van der Waals surface area contributed by atoms with E-state index in [1.165, 1.54) is 0 Å². The number of nitrogens with one attached hydrogen (secondary N) is 2. The summed E-state index contributed by atoms with van der Waals surface area (Å²) in [5, 5.41) is 11.6. The zero-order chi connectivity index (χ0) is 21.5. The summed E-state index contributed by atoms with van der Waals surface area (Å²) in [5.41, 5.74) is 6.15. The van der Waals surface area contributed by atoms with Gasteiger partial charge in [0.15, 0.2) is 11.4 Å². The number of fused-ring (bicyclic) bond motifs is 3. The van der Waals surface area contributed by atoms with Gasteiger partial charge in [0.05, 0.1) is 22.6 Å². The average molecular weight is 425 g/mol. The Bertz CT molecular complexity index is 1290. The molecule has 2 N–H and O–H groups in total. The molecule has 3 aromatic heterocycles. The summed E-state index contributed by atoms with van der Waals surface area (Å²) in [7, 11) is 0. The average Bonchev–Trinajstić information content (AvgIpc) is 3.29. The molecule has 160 valence electrons. The molecule has 0 amide bonds. The van der Waals surface area contributed by atoms with Crippen LogP contribution in [0.4, 0.5) is 5.82 Å². The minimum absolute atomic E-state index is 0.160. The number of pyridine rings is 1. The topological polar surface area (TPSA) is 84.2 Å². The number of anilines is 1. The van der Waals surface area contributed by atoms with Gasteiger partial charge in [-0.2, -0.15) is 9.61 Å². The van der Waals surface area contributed by atoms with E-state index in [1.54, 1.807) is 4.52 Å². The number of ketones is 1. The summed E-state index contributed by atoms with van der Waals surface area (Å²) in [6, 6.07) is 16.2. The molecule has 6 rings (SSSR count).